The van der Waals surface area contributed by atoms with Crippen molar-refractivity contribution in [1.82, 2.24) is 4.98 Å². The van der Waals surface area contributed by atoms with Gasteiger partial charge in [-0.1, -0.05) is 36.4 Å². The van der Waals surface area contributed by atoms with Crippen LogP contribution in [0, 0.1) is 0 Å². The number of thiol groups is 1. The van der Waals surface area contributed by atoms with Crippen LogP contribution in [-0.4, -0.2) is 13.4 Å². The molecule has 3 aromatic rings. The zero-order chi connectivity index (χ0) is 19.6. The summed E-state index contributed by atoms with van der Waals surface area (Å²) in [4.78, 5) is 4.13. The zero-order valence-electron chi connectivity index (χ0n) is 13.9. The fraction of sp³-hybridized carbons (Fsp3) is 0.105. The molecule has 3 rings (SSSR count). The lowest BCUT2D eigenvalue weighted by Gasteiger charge is -2.11. The van der Waals surface area contributed by atoms with Gasteiger partial charge in [-0.05, 0) is 34.9 Å². The number of nitrogens with two attached hydrogens (primary N) is 1. The molecule has 0 radical (unpaired) electrons. The smallest absolute Gasteiger partial charge is 0.383 e. The number of pyridine rings is 1. The molecule has 0 fully saturated rings. The maximum absolute atomic E-state index is 12.7. The summed E-state index contributed by atoms with van der Waals surface area (Å²) in [6, 6.07) is 13.4. The largest absolute Gasteiger partial charge is 0.416 e. The second-order valence-corrected chi connectivity index (χ2v) is 6.90. The summed E-state index contributed by atoms with van der Waals surface area (Å²) in [7, 11) is -2.50. The average molecular weight is 392 g/mol. The van der Waals surface area contributed by atoms with Gasteiger partial charge in [0.1, 0.15) is 16.5 Å². The molecular formula is C19H15F3N2O2S. The van der Waals surface area contributed by atoms with Gasteiger partial charge in [-0.25, -0.2) is 13.4 Å². The lowest BCUT2D eigenvalue weighted by molar-refractivity contribution is -0.137. The molecule has 0 spiro atoms. The van der Waals surface area contributed by atoms with Gasteiger partial charge in [0.2, 0.25) is 0 Å². The summed E-state index contributed by atoms with van der Waals surface area (Å²) in [5.74, 6) is 0.172. The molecule has 2 aromatic carbocycles. The molecule has 0 aliphatic carbocycles. The number of hydrogen-bond acceptors (Lipinski definition) is 4. The van der Waals surface area contributed by atoms with E-state index in [0.29, 0.717) is 16.7 Å². The van der Waals surface area contributed by atoms with Crippen molar-refractivity contribution in [2.75, 3.05) is 5.73 Å². The summed E-state index contributed by atoms with van der Waals surface area (Å²) >= 11 is 0. The molecule has 0 atom stereocenters. The number of benzene rings is 2. The molecule has 4 nitrogen and oxygen atoms in total. The van der Waals surface area contributed by atoms with Crippen LogP contribution >= 0.6 is 0 Å². The van der Waals surface area contributed by atoms with Crippen LogP contribution < -0.4 is 5.73 Å². The first-order valence-electron chi connectivity index (χ1n) is 7.88. The third-order valence-corrected chi connectivity index (χ3v) is 4.66. The Labute approximate surface area is 155 Å². The van der Waals surface area contributed by atoms with Crippen molar-refractivity contribution < 1.29 is 21.6 Å². The minimum absolute atomic E-state index is 0.0353. The number of anilines is 1. The minimum Gasteiger partial charge on any atom is -0.383 e. The highest BCUT2D eigenvalue weighted by atomic mass is 32.2. The lowest BCUT2D eigenvalue weighted by Crippen LogP contribution is -2.04. The molecule has 0 aliphatic heterocycles. The Balaban J connectivity index is 1.95. The third-order valence-electron chi connectivity index (χ3n) is 4.04. The zero-order valence-corrected chi connectivity index (χ0v) is 14.8. The predicted molar refractivity (Wildman–Crippen MR) is 98.5 cm³/mol. The molecule has 0 aliphatic rings. The highest BCUT2D eigenvalue weighted by Crippen LogP contribution is 2.33. The molecule has 0 amide bonds. The van der Waals surface area contributed by atoms with E-state index in [9.17, 15) is 21.6 Å². The van der Waals surface area contributed by atoms with Gasteiger partial charge < -0.3 is 5.73 Å². The minimum atomic E-state index is -4.40. The van der Waals surface area contributed by atoms with Crippen LogP contribution in [0.4, 0.5) is 19.0 Å². The molecule has 140 valence electrons. The van der Waals surface area contributed by atoms with Gasteiger partial charge in [-0.2, -0.15) is 13.2 Å². The first-order chi connectivity index (χ1) is 12.7. The van der Waals surface area contributed by atoms with Crippen LogP contribution in [0.25, 0.3) is 22.3 Å². The number of halogens is 3. The number of alkyl halides is 3. The Morgan fingerprint density at radius 2 is 1.48 bits per heavy atom. The van der Waals surface area contributed by atoms with Crippen LogP contribution in [-0.2, 0) is 22.6 Å². The first kappa shape index (κ1) is 18.9. The fourth-order valence-corrected chi connectivity index (χ4v) is 3.16. The van der Waals surface area contributed by atoms with Gasteiger partial charge in [0, 0.05) is 17.3 Å². The predicted octanol–water partition coefficient (Wildman–Crippen LogP) is 4.13. The second kappa shape index (κ2) is 7.40. The summed E-state index contributed by atoms with van der Waals surface area (Å²) in [6.45, 7) is 0. The Morgan fingerprint density at radius 1 is 0.889 bits per heavy atom. The fourth-order valence-electron chi connectivity index (χ4n) is 2.65. The molecule has 8 heteroatoms. The van der Waals surface area contributed by atoms with Crippen molar-refractivity contribution in [3.63, 3.8) is 0 Å². The number of nitrogen functional groups attached to an aromatic ring is 1. The van der Waals surface area contributed by atoms with E-state index in [-0.39, 0.29) is 11.6 Å². The lowest BCUT2D eigenvalue weighted by atomic mass is 9.99. The van der Waals surface area contributed by atoms with E-state index in [4.69, 9.17) is 5.73 Å². The van der Waals surface area contributed by atoms with Crippen LogP contribution in [0.3, 0.4) is 0 Å². The molecule has 0 bridgehead atoms. The summed E-state index contributed by atoms with van der Waals surface area (Å²) < 4.78 is 59.8. The van der Waals surface area contributed by atoms with Gasteiger partial charge >= 0.3 is 6.18 Å². The maximum atomic E-state index is 12.7. The monoisotopic (exact) mass is 392 g/mol. The highest BCUT2D eigenvalue weighted by Gasteiger charge is 2.30. The van der Waals surface area contributed by atoms with Crippen LogP contribution in [0.15, 0.2) is 60.8 Å². The van der Waals surface area contributed by atoms with E-state index in [1.807, 2.05) is 0 Å². The normalized spacial score (nSPS) is 11.7. The molecule has 0 saturated carbocycles. The molecule has 2 N–H and O–H groups in total. The molecule has 1 aromatic heterocycles. The maximum Gasteiger partial charge on any atom is 0.416 e. The summed E-state index contributed by atoms with van der Waals surface area (Å²) in [5, 5.41) is 0. The number of rotatable bonds is 4. The molecular weight excluding hydrogens is 377 g/mol. The number of aromatic nitrogens is 1. The van der Waals surface area contributed by atoms with Gasteiger partial charge in [0.15, 0.2) is 0 Å². The highest BCUT2D eigenvalue weighted by molar-refractivity contribution is 7.71. The van der Waals surface area contributed by atoms with E-state index in [2.05, 4.69) is 4.98 Å². The van der Waals surface area contributed by atoms with Crippen molar-refractivity contribution in [3.8, 4) is 22.3 Å². The van der Waals surface area contributed by atoms with E-state index in [1.54, 1.807) is 36.5 Å². The van der Waals surface area contributed by atoms with Gasteiger partial charge in [-0.3, -0.25) is 0 Å². The van der Waals surface area contributed by atoms with Crippen LogP contribution in [0.1, 0.15) is 11.1 Å². The van der Waals surface area contributed by atoms with Gasteiger partial charge in [-0.15, -0.1) is 0 Å². The van der Waals surface area contributed by atoms with Gasteiger partial charge in [0.25, 0.3) is 0 Å². The van der Waals surface area contributed by atoms with E-state index < -0.39 is 22.4 Å². The summed E-state index contributed by atoms with van der Waals surface area (Å²) in [5.41, 5.74) is 8.39. The van der Waals surface area contributed by atoms with Crippen molar-refractivity contribution in [3.05, 3.63) is 71.9 Å². The van der Waals surface area contributed by atoms with Crippen molar-refractivity contribution in [2.24, 2.45) is 0 Å². The second-order valence-electron chi connectivity index (χ2n) is 5.92. The Hall–Kier alpha value is -2.87. The van der Waals surface area contributed by atoms with E-state index in [1.165, 1.54) is 12.1 Å². The van der Waals surface area contributed by atoms with Crippen molar-refractivity contribution in [1.29, 1.82) is 0 Å². The Bertz CT molecular complexity index is 1020. The molecule has 27 heavy (non-hydrogen) atoms. The van der Waals surface area contributed by atoms with Crippen molar-refractivity contribution >= 4 is 16.5 Å². The third kappa shape index (κ3) is 4.46. The van der Waals surface area contributed by atoms with E-state index >= 15 is 0 Å². The molecule has 0 saturated heterocycles. The average Bonchev–Trinajstić information content (AvgIpc) is 2.62. The summed E-state index contributed by atoms with van der Waals surface area (Å²) in [6.07, 6.45) is -2.84. The molecule has 0 unspecified atom stereocenters. The number of nitrogens with zero attached hydrogens (tertiary/aromatic N) is 1. The van der Waals surface area contributed by atoms with E-state index in [0.717, 1.165) is 23.3 Å². The topological polar surface area (TPSA) is 73.0 Å². The quantitative estimate of drug-likeness (QED) is 0.655. The van der Waals surface area contributed by atoms with Gasteiger partial charge in [0.05, 0.1) is 11.3 Å². The first-order valence-corrected chi connectivity index (χ1v) is 9.24. The standard InChI is InChI=1S/C19H15F3N2O2S/c20-19(21,22)16-7-5-14(6-8-16)17-9-15(10-24-18(17)23)13-3-1-12(2-4-13)11-27(25)26/h1-10,27H,11H2,(H2,23,24). The SMILES string of the molecule is Nc1ncc(-c2ccc(C[SH](=O)=O)cc2)cc1-c1ccc(C(F)(F)F)cc1. The Kier molecular flexibility index (Phi) is 5.18. The number of hydrogen-bond donors (Lipinski definition) is 2. The van der Waals surface area contributed by atoms with Crippen LogP contribution in [0.5, 0.6) is 0 Å². The Morgan fingerprint density at radius 3 is 2.04 bits per heavy atom. The molecule has 1 heterocycles. The van der Waals surface area contributed by atoms with Crippen molar-refractivity contribution in [2.45, 2.75) is 11.9 Å². The van der Waals surface area contributed by atoms with Crippen LogP contribution in [0.2, 0.25) is 0 Å².